The maximum Gasteiger partial charge on any atom is 0.161 e. The third-order valence-electron chi connectivity index (χ3n) is 4.22. The van der Waals surface area contributed by atoms with Crippen molar-refractivity contribution in [3.05, 3.63) is 77.3 Å². The summed E-state index contributed by atoms with van der Waals surface area (Å²) in [5, 5.41) is 14.3. The summed E-state index contributed by atoms with van der Waals surface area (Å²) >= 11 is 3.49. The Morgan fingerprint density at radius 1 is 0.929 bits per heavy atom. The van der Waals surface area contributed by atoms with E-state index in [1.807, 2.05) is 72.8 Å². The van der Waals surface area contributed by atoms with Crippen molar-refractivity contribution in [1.82, 2.24) is 10.2 Å². The first-order valence-corrected chi connectivity index (χ1v) is 9.48. The fraction of sp³-hybridized carbons (Fsp3) is 0.0435. The lowest BCUT2D eigenvalue weighted by Gasteiger charge is -2.12. The van der Waals surface area contributed by atoms with Crippen molar-refractivity contribution in [3.63, 3.8) is 0 Å². The minimum absolute atomic E-state index is 0.248. The second-order valence-electron chi connectivity index (χ2n) is 6.10. The molecule has 4 nitrogen and oxygen atoms in total. The van der Waals surface area contributed by atoms with Gasteiger partial charge in [-0.1, -0.05) is 52.2 Å². The molecule has 0 saturated carbocycles. The van der Waals surface area contributed by atoms with Crippen LogP contribution in [-0.2, 0) is 0 Å². The minimum atomic E-state index is 0.248. The average molecular weight is 430 g/mol. The van der Waals surface area contributed by atoms with Crippen molar-refractivity contribution in [2.24, 2.45) is 0 Å². The fourth-order valence-electron chi connectivity index (χ4n) is 2.95. The topological polar surface area (TPSA) is 47.0 Å². The van der Waals surface area contributed by atoms with Crippen molar-refractivity contribution in [1.29, 1.82) is 0 Å². The highest BCUT2D eigenvalue weighted by atomic mass is 79.9. The van der Waals surface area contributed by atoms with Crippen LogP contribution in [-0.4, -0.2) is 16.8 Å². The summed E-state index contributed by atoms with van der Waals surface area (Å²) in [4.78, 5) is 0. The molecule has 5 heteroatoms. The molecule has 28 heavy (non-hydrogen) atoms. The van der Waals surface area contributed by atoms with Gasteiger partial charge in [-0.2, -0.15) is 0 Å². The smallest absolute Gasteiger partial charge is 0.161 e. The summed E-state index contributed by atoms with van der Waals surface area (Å²) in [6.45, 7) is 0.248. The number of hydrogen-bond donors (Lipinski definition) is 1. The fourth-order valence-corrected chi connectivity index (χ4v) is 3.35. The van der Waals surface area contributed by atoms with Crippen molar-refractivity contribution in [2.45, 2.75) is 0 Å². The molecule has 1 N–H and O–H groups in total. The van der Waals surface area contributed by atoms with Crippen LogP contribution in [0.5, 0.6) is 5.75 Å². The van der Waals surface area contributed by atoms with Gasteiger partial charge in [-0.25, -0.2) is 0 Å². The second-order valence-corrected chi connectivity index (χ2v) is 7.01. The number of ether oxygens (including phenoxy) is 1. The number of anilines is 2. The van der Waals surface area contributed by atoms with E-state index in [0.29, 0.717) is 5.82 Å². The molecule has 0 aliphatic rings. The van der Waals surface area contributed by atoms with Gasteiger partial charge in [0.2, 0.25) is 0 Å². The van der Waals surface area contributed by atoms with E-state index in [1.54, 1.807) is 0 Å². The van der Waals surface area contributed by atoms with Gasteiger partial charge in [0, 0.05) is 26.5 Å². The Bertz CT molecular complexity index is 1170. The molecule has 4 rings (SSSR count). The molecule has 4 aromatic rings. The number of fused-ring (bicyclic) bond motifs is 1. The van der Waals surface area contributed by atoms with E-state index in [2.05, 4.69) is 37.4 Å². The van der Waals surface area contributed by atoms with Gasteiger partial charge in [-0.15, -0.1) is 16.6 Å². The number of benzene rings is 3. The van der Waals surface area contributed by atoms with Crippen molar-refractivity contribution < 1.29 is 4.74 Å². The van der Waals surface area contributed by atoms with Crippen molar-refractivity contribution >= 4 is 38.2 Å². The molecule has 0 saturated heterocycles. The molecule has 1 heterocycles. The number of nitrogens with zero attached hydrogens (tertiary/aromatic N) is 2. The zero-order valence-electron chi connectivity index (χ0n) is 14.9. The first-order chi connectivity index (χ1) is 13.7. The van der Waals surface area contributed by atoms with Crippen LogP contribution in [0.2, 0.25) is 0 Å². The largest absolute Gasteiger partial charge is 0.481 e. The van der Waals surface area contributed by atoms with Crippen molar-refractivity contribution in [2.75, 3.05) is 11.9 Å². The summed E-state index contributed by atoms with van der Waals surface area (Å²) in [5.74, 6) is 3.90. The Balaban J connectivity index is 1.72. The van der Waals surface area contributed by atoms with Crippen LogP contribution in [0.4, 0.5) is 11.5 Å². The molecular weight excluding hydrogens is 414 g/mol. The lowest BCUT2D eigenvalue weighted by Crippen LogP contribution is -1.99. The van der Waals surface area contributed by atoms with Gasteiger partial charge in [-0.3, -0.25) is 0 Å². The van der Waals surface area contributed by atoms with Crippen LogP contribution in [0.3, 0.4) is 0 Å². The standard InChI is InChI=1S/C23H16BrN3O/c1-2-14-28-19-12-10-16(11-13-19)22-20-8-3-4-9-21(20)23(27-26-22)25-18-7-5-6-17(24)15-18/h1,3-13,15H,14H2,(H,25,27). The van der Waals surface area contributed by atoms with E-state index >= 15 is 0 Å². The predicted molar refractivity (Wildman–Crippen MR) is 117 cm³/mol. The summed E-state index contributed by atoms with van der Waals surface area (Å²) in [6, 6.07) is 23.7. The Morgan fingerprint density at radius 2 is 1.71 bits per heavy atom. The van der Waals surface area contributed by atoms with Gasteiger partial charge in [-0.05, 0) is 42.5 Å². The van der Waals surface area contributed by atoms with E-state index in [1.165, 1.54) is 0 Å². The number of rotatable bonds is 5. The van der Waals surface area contributed by atoms with Gasteiger partial charge in [0.15, 0.2) is 5.82 Å². The average Bonchev–Trinajstić information content (AvgIpc) is 2.73. The molecule has 1 aromatic heterocycles. The van der Waals surface area contributed by atoms with Gasteiger partial charge < -0.3 is 10.1 Å². The van der Waals surface area contributed by atoms with Gasteiger partial charge >= 0.3 is 0 Å². The zero-order valence-corrected chi connectivity index (χ0v) is 16.5. The Hall–Kier alpha value is -3.36. The number of aromatic nitrogens is 2. The molecule has 0 fully saturated rings. The quantitative estimate of drug-likeness (QED) is 0.406. The Labute approximate surface area is 171 Å². The molecule has 0 amide bonds. The van der Waals surface area contributed by atoms with E-state index < -0.39 is 0 Å². The van der Waals surface area contributed by atoms with Crippen LogP contribution in [0.15, 0.2) is 77.3 Å². The maximum absolute atomic E-state index is 5.44. The number of halogens is 1. The third kappa shape index (κ3) is 3.83. The molecule has 0 spiro atoms. The van der Waals surface area contributed by atoms with Crippen LogP contribution >= 0.6 is 15.9 Å². The van der Waals surface area contributed by atoms with Gasteiger partial charge in [0.05, 0.1) is 0 Å². The summed E-state index contributed by atoms with van der Waals surface area (Å²) in [7, 11) is 0. The zero-order chi connectivity index (χ0) is 19.3. The molecule has 0 radical (unpaired) electrons. The molecular formula is C23H16BrN3O. The Kier molecular flexibility index (Phi) is 5.22. The first-order valence-electron chi connectivity index (χ1n) is 8.69. The molecule has 3 aromatic carbocycles. The number of terminal acetylenes is 1. The minimum Gasteiger partial charge on any atom is -0.481 e. The van der Waals surface area contributed by atoms with Crippen LogP contribution in [0.1, 0.15) is 0 Å². The summed E-state index contributed by atoms with van der Waals surface area (Å²) in [6.07, 6.45) is 5.24. The molecule has 136 valence electrons. The second kappa shape index (κ2) is 8.12. The van der Waals surface area contributed by atoms with Gasteiger partial charge in [0.25, 0.3) is 0 Å². The maximum atomic E-state index is 5.44. The van der Waals surface area contributed by atoms with E-state index in [0.717, 1.165) is 37.9 Å². The molecule has 0 bridgehead atoms. The highest BCUT2D eigenvalue weighted by molar-refractivity contribution is 9.10. The van der Waals surface area contributed by atoms with Crippen molar-refractivity contribution in [3.8, 4) is 29.4 Å². The van der Waals surface area contributed by atoms with E-state index in [-0.39, 0.29) is 6.61 Å². The molecule has 0 atom stereocenters. The summed E-state index contributed by atoms with van der Waals surface area (Å²) in [5.41, 5.74) is 2.72. The predicted octanol–water partition coefficient (Wildman–Crippen LogP) is 5.81. The van der Waals surface area contributed by atoms with Crippen LogP contribution in [0.25, 0.3) is 22.0 Å². The lowest BCUT2D eigenvalue weighted by atomic mass is 10.0. The number of hydrogen-bond acceptors (Lipinski definition) is 4. The highest BCUT2D eigenvalue weighted by Crippen LogP contribution is 2.32. The van der Waals surface area contributed by atoms with E-state index in [9.17, 15) is 0 Å². The molecule has 0 unspecified atom stereocenters. The monoisotopic (exact) mass is 429 g/mol. The lowest BCUT2D eigenvalue weighted by molar-refractivity contribution is 0.370. The van der Waals surface area contributed by atoms with Gasteiger partial charge in [0.1, 0.15) is 18.1 Å². The normalized spacial score (nSPS) is 10.4. The molecule has 0 aliphatic carbocycles. The number of nitrogens with one attached hydrogen (secondary N) is 1. The molecule has 0 aliphatic heterocycles. The van der Waals surface area contributed by atoms with Crippen LogP contribution < -0.4 is 10.1 Å². The SMILES string of the molecule is C#CCOc1ccc(-c2nnc(Nc3cccc(Br)c3)c3ccccc23)cc1. The summed E-state index contributed by atoms with van der Waals surface area (Å²) < 4.78 is 6.44. The first kappa shape index (κ1) is 18.0. The Morgan fingerprint density at radius 3 is 2.46 bits per heavy atom. The highest BCUT2D eigenvalue weighted by Gasteiger charge is 2.11. The third-order valence-corrected chi connectivity index (χ3v) is 4.72. The van der Waals surface area contributed by atoms with Crippen LogP contribution in [0, 0.1) is 12.3 Å². The van der Waals surface area contributed by atoms with E-state index in [4.69, 9.17) is 11.2 Å².